The van der Waals surface area contributed by atoms with Gasteiger partial charge < -0.3 is 9.73 Å². The molecule has 1 N–H and O–H groups in total. The summed E-state index contributed by atoms with van der Waals surface area (Å²) in [5.74, 6) is 1.09. The smallest absolute Gasteiger partial charge is 0.208 e. The van der Waals surface area contributed by atoms with Crippen LogP contribution in [0.1, 0.15) is 37.1 Å². The van der Waals surface area contributed by atoms with E-state index in [0.717, 1.165) is 17.7 Å². The summed E-state index contributed by atoms with van der Waals surface area (Å²) in [6.07, 6.45) is 2.55. The average molecular weight is 283 g/mol. The Labute approximate surface area is 116 Å². The van der Waals surface area contributed by atoms with Crippen molar-refractivity contribution in [3.63, 3.8) is 0 Å². The van der Waals surface area contributed by atoms with Crippen molar-refractivity contribution in [1.29, 1.82) is 0 Å². The molecular formula is C14H16ClFN2O. The summed E-state index contributed by atoms with van der Waals surface area (Å²) < 4.78 is 18.9. The van der Waals surface area contributed by atoms with Crippen molar-refractivity contribution in [3.05, 3.63) is 52.5 Å². The summed E-state index contributed by atoms with van der Waals surface area (Å²) in [4.78, 5) is 4.16. The second-order valence-electron chi connectivity index (χ2n) is 4.35. The predicted octanol–water partition coefficient (Wildman–Crippen LogP) is 3.88. The average Bonchev–Trinajstić information content (AvgIpc) is 2.87. The Morgan fingerprint density at radius 2 is 2.26 bits per heavy atom. The zero-order valence-corrected chi connectivity index (χ0v) is 11.7. The number of hydrogen-bond acceptors (Lipinski definition) is 3. The monoisotopic (exact) mass is 282 g/mol. The Kier molecular flexibility index (Phi) is 4.56. The number of rotatable bonds is 5. The molecule has 1 heterocycles. The van der Waals surface area contributed by atoms with Gasteiger partial charge in [-0.3, -0.25) is 0 Å². The molecular weight excluding hydrogens is 267 g/mol. The van der Waals surface area contributed by atoms with Gasteiger partial charge >= 0.3 is 0 Å². The fourth-order valence-corrected chi connectivity index (χ4v) is 1.85. The molecule has 1 unspecified atom stereocenters. The van der Waals surface area contributed by atoms with Gasteiger partial charge in [-0.15, -0.1) is 0 Å². The van der Waals surface area contributed by atoms with Gasteiger partial charge in [-0.25, -0.2) is 9.37 Å². The number of halogens is 2. The molecule has 5 heteroatoms. The Balaban J connectivity index is 1.96. The van der Waals surface area contributed by atoms with Crippen LogP contribution in [0, 0.1) is 5.82 Å². The maximum Gasteiger partial charge on any atom is 0.208 e. The minimum absolute atomic E-state index is 0.0104. The van der Waals surface area contributed by atoms with Crippen LogP contribution in [0.5, 0.6) is 0 Å². The van der Waals surface area contributed by atoms with E-state index in [9.17, 15) is 4.39 Å². The SMILES string of the molecule is CCc1cnc(CNC(C)c2ccc(Cl)c(F)c2)o1. The molecule has 0 aliphatic heterocycles. The van der Waals surface area contributed by atoms with Crippen LogP contribution in [-0.2, 0) is 13.0 Å². The number of nitrogens with zero attached hydrogens (tertiary/aromatic N) is 1. The molecule has 0 radical (unpaired) electrons. The van der Waals surface area contributed by atoms with E-state index in [1.54, 1.807) is 18.3 Å². The van der Waals surface area contributed by atoms with Crippen molar-refractivity contribution in [2.45, 2.75) is 32.9 Å². The minimum atomic E-state index is -0.405. The summed E-state index contributed by atoms with van der Waals surface area (Å²) in [5.41, 5.74) is 0.837. The van der Waals surface area contributed by atoms with Gasteiger partial charge in [-0.05, 0) is 24.6 Å². The molecule has 2 aromatic rings. The lowest BCUT2D eigenvalue weighted by Crippen LogP contribution is -2.18. The first-order chi connectivity index (χ1) is 9.10. The summed E-state index contributed by atoms with van der Waals surface area (Å²) in [6, 6.07) is 4.79. The van der Waals surface area contributed by atoms with Crippen LogP contribution in [-0.4, -0.2) is 4.98 Å². The largest absolute Gasteiger partial charge is 0.444 e. The van der Waals surface area contributed by atoms with E-state index < -0.39 is 5.82 Å². The third-order valence-corrected chi connectivity index (χ3v) is 3.26. The third-order valence-electron chi connectivity index (χ3n) is 2.95. The van der Waals surface area contributed by atoms with Crippen LogP contribution in [0.25, 0.3) is 0 Å². The lowest BCUT2D eigenvalue weighted by atomic mass is 10.1. The first kappa shape index (κ1) is 14.0. The van der Waals surface area contributed by atoms with Crippen molar-refractivity contribution < 1.29 is 8.81 Å². The van der Waals surface area contributed by atoms with Gasteiger partial charge in [0.05, 0.1) is 17.8 Å². The van der Waals surface area contributed by atoms with Crippen molar-refractivity contribution >= 4 is 11.6 Å². The molecule has 1 atom stereocenters. The van der Waals surface area contributed by atoms with E-state index >= 15 is 0 Å². The standard InChI is InChI=1S/C14H16ClFN2O/c1-3-11-7-18-14(19-11)8-17-9(2)10-4-5-12(15)13(16)6-10/h4-7,9,17H,3,8H2,1-2H3. The number of nitrogens with one attached hydrogen (secondary N) is 1. The molecule has 2 rings (SSSR count). The normalized spacial score (nSPS) is 12.6. The van der Waals surface area contributed by atoms with Gasteiger partial charge in [0.1, 0.15) is 11.6 Å². The summed E-state index contributed by atoms with van der Waals surface area (Å²) in [6.45, 7) is 4.47. The maximum atomic E-state index is 13.4. The lowest BCUT2D eigenvalue weighted by molar-refractivity contribution is 0.424. The van der Waals surface area contributed by atoms with E-state index in [2.05, 4.69) is 10.3 Å². The molecule has 0 amide bonds. The second kappa shape index (κ2) is 6.17. The van der Waals surface area contributed by atoms with E-state index in [-0.39, 0.29) is 11.1 Å². The summed E-state index contributed by atoms with van der Waals surface area (Å²) in [7, 11) is 0. The Morgan fingerprint density at radius 1 is 1.47 bits per heavy atom. The molecule has 0 aliphatic rings. The lowest BCUT2D eigenvalue weighted by Gasteiger charge is -2.13. The molecule has 0 saturated carbocycles. The molecule has 0 aliphatic carbocycles. The van der Waals surface area contributed by atoms with Crippen molar-refractivity contribution in [3.8, 4) is 0 Å². The van der Waals surface area contributed by atoms with E-state index in [1.165, 1.54) is 6.07 Å². The van der Waals surface area contributed by atoms with Gasteiger partial charge in [0.2, 0.25) is 5.89 Å². The van der Waals surface area contributed by atoms with Crippen LogP contribution >= 0.6 is 11.6 Å². The Bertz CT molecular complexity index is 556. The molecule has 0 spiro atoms. The highest BCUT2D eigenvalue weighted by Gasteiger charge is 2.09. The molecule has 0 saturated heterocycles. The first-order valence-electron chi connectivity index (χ1n) is 6.22. The predicted molar refractivity (Wildman–Crippen MR) is 72.5 cm³/mol. The van der Waals surface area contributed by atoms with Crippen LogP contribution in [0.15, 0.2) is 28.8 Å². The highest BCUT2D eigenvalue weighted by molar-refractivity contribution is 6.30. The number of aromatic nitrogens is 1. The summed E-state index contributed by atoms with van der Waals surface area (Å²) >= 11 is 5.66. The van der Waals surface area contributed by atoms with Crippen molar-refractivity contribution in [2.75, 3.05) is 0 Å². The molecule has 0 fully saturated rings. The van der Waals surface area contributed by atoms with Crippen LogP contribution < -0.4 is 5.32 Å². The molecule has 19 heavy (non-hydrogen) atoms. The zero-order valence-electron chi connectivity index (χ0n) is 10.9. The van der Waals surface area contributed by atoms with Gasteiger partial charge in [-0.2, -0.15) is 0 Å². The Morgan fingerprint density at radius 3 is 2.89 bits per heavy atom. The van der Waals surface area contributed by atoms with E-state index in [4.69, 9.17) is 16.0 Å². The summed E-state index contributed by atoms with van der Waals surface area (Å²) in [5, 5.41) is 3.37. The minimum Gasteiger partial charge on any atom is -0.444 e. The van der Waals surface area contributed by atoms with Crippen molar-refractivity contribution in [2.24, 2.45) is 0 Å². The van der Waals surface area contributed by atoms with Crippen LogP contribution in [0.3, 0.4) is 0 Å². The Hall–Kier alpha value is -1.39. The number of aryl methyl sites for hydroxylation is 1. The van der Waals surface area contributed by atoms with Gasteiger partial charge in [0, 0.05) is 12.5 Å². The van der Waals surface area contributed by atoms with Crippen LogP contribution in [0.4, 0.5) is 4.39 Å². The number of oxazole rings is 1. The topological polar surface area (TPSA) is 38.1 Å². The maximum absolute atomic E-state index is 13.4. The van der Waals surface area contributed by atoms with E-state index in [1.807, 2.05) is 13.8 Å². The quantitative estimate of drug-likeness (QED) is 0.904. The van der Waals surface area contributed by atoms with Gasteiger partial charge in [-0.1, -0.05) is 24.6 Å². The number of benzene rings is 1. The highest BCUT2D eigenvalue weighted by atomic mass is 35.5. The zero-order chi connectivity index (χ0) is 13.8. The van der Waals surface area contributed by atoms with Gasteiger partial charge in [0.15, 0.2) is 0 Å². The fourth-order valence-electron chi connectivity index (χ4n) is 1.73. The molecule has 3 nitrogen and oxygen atoms in total. The molecule has 1 aromatic carbocycles. The molecule has 102 valence electrons. The third kappa shape index (κ3) is 3.55. The van der Waals surface area contributed by atoms with Crippen LogP contribution in [0.2, 0.25) is 5.02 Å². The second-order valence-corrected chi connectivity index (χ2v) is 4.76. The highest BCUT2D eigenvalue weighted by Crippen LogP contribution is 2.20. The number of hydrogen-bond donors (Lipinski definition) is 1. The first-order valence-corrected chi connectivity index (χ1v) is 6.60. The van der Waals surface area contributed by atoms with Gasteiger partial charge in [0.25, 0.3) is 0 Å². The van der Waals surface area contributed by atoms with E-state index in [0.29, 0.717) is 12.4 Å². The fraction of sp³-hybridized carbons (Fsp3) is 0.357. The molecule has 1 aromatic heterocycles. The van der Waals surface area contributed by atoms with Crippen molar-refractivity contribution in [1.82, 2.24) is 10.3 Å². The molecule has 0 bridgehead atoms.